The highest BCUT2D eigenvalue weighted by Gasteiger charge is 1.98. The second-order valence-electron chi connectivity index (χ2n) is 4.47. The molecule has 0 aromatic heterocycles. The van der Waals surface area contributed by atoms with Crippen molar-refractivity contribution in [2.75, 3.05) is 13.0 Å². The average Bonchev–Trinajstić information content (AvgIpc) is 2.47. The van der Waals surface area contributed by atoms with Gasteiger partial charge in [-0.1, -0.05) is 46.0 Å². The highest BCUT2D eigenvalue weighted by atomic mass is 35.5. The number of hydrogen-bond acceptors (Lipinski definition) is 3. The molecule has 0 unspecified atom stereocenters. The van der Waals surface area contributed by atoms with Crippen LogP contribution in [-0.2, 0) is 14.3 Å². The number of ether oxygens (including phenoxy) is 1. The fraction of sp³-hybridized carbons (Fsp3) is 0.875. The van der Waals surface area contributed by atoms with Crippen LogP contribution in [0.15, 0.2) is 0 Å². The van der Waals surface area contributed by atoms with Crippen LogP contribution in [0, 0.1) is 0 Å². The van der Waals surface area contributed by atoms with Gasteiger partial charge in [-0.2, -0.15) is 0 Å². The fourth-order valence-corrected chi connectivity index (χ4v) is 1.46. The molecule has 0 saturated carbocycles. The van der Waals surface area contributed by atoms with Crippen LogP contribution in [0.5, 0.6) is 0 Å². The van der Waals surface area contributed by atoms with Gasteiger partial charge in [0.05, 0.1) is 6.61 Å². The molecule has 0 aliphatic carbocycles. The molecule has 0 aromatic carbocycles. The maximum absolute atomic E-state index is 10.7. The van der Waals surface area contributed by atoms with Crippen LogP contribution in [0.2, 0.25) is 0 Å². The van der Waals surface area contributed by atoms with Crippen molar-refractivity contribution < 1.29 is 19.4 Å². The molecule has 21 heavy (non-hydrogen) atoms. The summed E-state index contributed by atoms with van der Waals surface area (Å²) in [6, 6.07) is 0. The number of alkyl halides is 1. The average molecular weight is 325 g/mol. The minimum absolute atomic E-state index is 0.0593. The molecule has 0 heterocycles. The summed E-state index contributed by atoms with van der Waals surface area (Å²) in [6.07, 6.45) is 9.86. The van der Waals surface area contributed by atoms with E-state index in [0.717, 1.165) is 38.5 Å². The molecule has 0 aliphatic heterocycles. The van der Waals surface area contributed by atoms with E-state index >= 15 is 0 Å². The number of esters is 1. The van der Waals surface area contributed by atoms with Gasteiger partial charge < -0.3 is 9.84 Å². The summed E-state index contributed by atoms with van der Waals surface area (Å²) in [6.45, 7) is 6.56. The molecule has 0 aliphatic rings. The third-order valence-corrected chi connectivity index (χ3v) is 2.53. The van der Waals surface area contributed by atoms with Crippen molar-refractivity contribution in [2.45, 2.75) is 78.6 Å². The molecule has 0 saturated heterocycles. The Hall–Kier alpha value is -0.770. The Morgan fingerprint density at radius 1 is 0.857 bits per heavy atom. The Labute approximate surface area is 135 Å². The monoisotopic (exact) mass is 324 g/mol. The van der Waals surface area contributed by atoms with E-state index in [1.165, 1.54) is 12.8 Å². The summed E-state index contributed by atoms with van der Waals surface area (Å²) < 4.78 is 4.75. The maximum atomic E-state index is 10.7. The SMILES string of the molecule is CCCCCC(=O)OCC.CCCCCCC(=O)O.CCl. The first-order valence-electron chi connectivity index (χ1n) is 7.83. The Bertz CT molecular complexity index is 220. The molecule has 4 nitrogen and oxygen atoms in total. The van der Waals surface area contributed by atoms with Crippen LogP contribution in [-0.4, -0.2) is 30.0 Å². The maximum Gasteiger partial charge on any atom is 0.305 e. The van der Waals surface area contributed by atoms with E-state index in [-0.39, 0.29) is 5.97 Å². The molecule has 0 rings (SSSR count). The van der Waals surface area contributed by atoms with Gasteiger partial charge in [-0.3, -0.25) is 9.59 Å². The van der Waals surface area contributed by atoms with Crippen molar-refractivity contribution in [3.05, 3.63) is 0 Å². The lowest BCUT2D eigenvalue weighted by Crippen LogP contribution is -2.02. The van der Waals surface area contributed by atoms with E-state index in [1.54, 1.807) is 0 Å². The summed E-state index contributed by atoms with van der Waals surface area (Å²) in [5, 5.41) is 8.21. The molecule has 0 atom stereocenters. The fourth-order valence-electron chi connectivity index (χ4n) is 1.46. The summed E-state index contributed by atoms with van der Waals surface area (Å²) >= 11 is 4.64. The van der Waals surface area contributed by atoms with Gasteiger partial charge in [-0.15, -0.1) is 11.6 Å². The number of aliphatic carboxylic acids is 1. The van der Waals surface area contributed by atoms with E-state index in [1.807, 2.05) is 6.92 Å². The smallest absolute Gasteiger partial charge is 0.305 e. The zero-order valence-corrected chi connectivity index (χ0v) is 14.9. The van der Waals surface area contributed by atoms with Crippen molar-refractivity contribution in [1.82, 2.24) is 0 Å². The standard InChI is InChI=1S/C8H16O2.C7H14O2.CH3Cl/c1-3-5-6-7-8(9)10-4-2;1-2-3-4-5-6-7(8)9;1-2/h3-7H2,1-2H3;2-6H2,1H3,(H,8,9);1H3. The molecule has 1 N–H and O–H groups in total. The van der Waals surface area contributed by atoms with Crippen LogP contribution in [0.25, 0.3) is 0 Å². The molecule has 0 bridgehead atoms. The molecule has 0 spiro atoms. The van der Waals surface area contributed by atoms with Gasteiger partial charge in [0, 0.05) is 19.2 Å². The van der Waals surface area contributed by atoms with Crippen molar-refractivity contribution in [1.29, 1.82) is 0 Å². The zero-order chi connectivity index (χ0) is 16.9. The molecule has 5 heteroatoms. The van der Waals surface area contributed by atoms with E-state index < -0.39 is 5.97 Å². The minimum atomic E-state index is -0.675. The van der Waals surface area contributed by atoms with Crippen molar-refractivity contribution in [3.63, 3.8) is 0 Å². The Balaban J connectivity index is -0.000000277. The van der Waals surface area contributed by atoms with Crippen LogP contribution in [0.1, 0.15) is 78.6 Å². The largest absolute Gasteiger partial charge is 0.481 e. The predicted molar refractivity (Wildman–Crippen MR) is 88.9 cm³/mol. The second kappa shape index (κ2) is 24.3. The van der Waals surface area contributed by atoms with Crippen LogP contribution in [0.4, 0.5) is 0 Å². The van der Waals surface area contributed by atoms with Crippen molar-refractivity contribution in [2.24, 2.45) is 0 Å². The van der Waals surface area contributed by atoms with E-state index in [2.05, 4.69) is 25.4 Å². The van der Waals surface area contributed by atoms with Gasteiger partial charge in [-0.05, 0) is 19.8 Å². The Kier molecular flexibility index (Phi) is 29.1. The number of carboxylic acid groups (broad SMARTS) is 1. The van der Waals surface area contributed by atoms with Crippen LogP contribution < -0.4 is 0 Å². The lowest BCUT2D eigenvalue weighted by atomic mass is 10.2. The normalized spacial score (nSPS) is 8.81. The predicted octanol–water partition coefficient (Wildman–Crippen LogP) is 5.03. The van der Waals surface area contributed by atoms with E-state index in [0.29, 0.717) is 19.4 Å². The summed E-state index contributed by atoms with van der Waals surface area (Å²) in [5.41, 5.74) is 0. The first kappa shape index (κ1) is 25.2. The van der Waals surface area contributed by atoms with Gasteiger partial charge in [0.15, 0.2) is 0 Å². The van der Waals surface area contributed by atoms with Gasteiger partial charge in [0.1, 0.15) is 0 Å². The van der Waals surface area contributed by atoms with Crippen molar-refractivity contribution >= 4 is 23.5 Å². The zero-order valence-electron chi connectivity index (χ0n) is 14.1. The van der Waals surface area contributed by atoms with Crippen LogP contribution >= 0.6 is 11.6 Å². The number of rotatable bonds is 10. The molecule has 0 radical (unpaired) electrons. The number of carboxylic acids is 1. The number of carbonyl (C=O) groups excluding carboxylic acids is 1. The third kappa shape index (κ3) is 32.6. The summed E-state index contributed by atoms with van der Waals surface area (Å²) in [4.78, 5) is 20.7. The summed E-state index contributed by atoms with van der Waals surface area (Å²) in [7, 11) is 0. The number of halogens is 1. The highest BCUT2D eigenvalue weighted by Crippen LogP contribution is 2.01. The number of unbranched alkanes of at least 4 members (excludes halogenated alkanes) is 5. The lowest BCUT2D eigenvalue weighted by Gasteiger charge is -1.99. The number of carbonyl (C=O) groups is 2. The molecule has 0 aromatic rings. The van der Waals surface area contributed by atoms with Gasteiger partial charge in [0.25, 0.3) is 0 Å². The molecular weight excluding hydrogens is 292 g/mol. The Morgan fingerprint density at radius 3 is 1.76 bits per heavy atom. The first-order valence-corrected chi connectivity index (χ1v) is 8.59. The molecule has 128 valence electrons. The van der Waals surface area contributed by atoms with Gasteiger partial charge in [0.2, 0.25) is 0 Å². The quantitative estimate of drug-likeness (QED) is 0.348. The number of hydrogen-bond donors (Lipinski definition) is 1. The molecular formula is C16H33ClO4. The van der Waals surface area contributed by atoms with Gasteiger partial charge in [-0.25, -0.2) is 0 Å². The summed E-state index contributed by atoms with van der Waals surface area (Å²) in [5.74, 6) is -0.734. The molecule has 0 amide bonds. The second-order valence-corrected chi connectivity index (χ2v) is 4.47. The van der Waals surface area contributed by atoms with E-state index in [9.17, 15) is 9.59 Å². The van der Waals surface area contributed by atoms with Gasteiger partial charge >= 0.3 is 11.9 Å². The first-order chi connectivity index (χ1) is 10.1. The topological polar surface area (TPSA) is 63.6 Å². The van der Waals surface area contributed by atoms with Crippen molar-refractivity contribution in [3.8, 4) is 0 Å². The third-order valence-electron chi connectivity index (χ3n) is 2.53. The molecule has 0 fully saturated rings. The van der Waals surface area contributed by atoms with Crippen LogP contribution in [0.3, 0.4) is 0 Å². The highest BCUT2D eigenvalue weighted by molar-refractivity contribution is 6.15. The Morgan fingerprint density at radius 2 is 1.33 bits per heavy atom. The minimum Gasteiger partial charge on any atom is -0.481 e. The lowest BCUT2D eigenvalue weighted by molar-refractivity contribution is -0.143. The van der Waals surface area contributed by atoms with E-state index in [4.69, 9.17) is 9.84 Å².